The number of hydrogen-bond acceptors (Lipinski definition) is 3. The van der Waals surface area contributed by atoms with Crippen molar-refractivity contribution in [3.63, 3.8) is 0 Å². The van der Waals surface area contributed by atoms with Crippen LogP contribution in [0, 0.1) is 0 Å². The lowest BCUT2D eigenvalue weighted by Crippen LogP contribution is -2.28. The van der Waals surface area contributed by atoms with Crippen molar-refractivity contribution in [3.8, 4) is 0 Å². The van der Waals surface area contributed by atoms with Crippen LogP contribution in [-0.4, -0.2) is 22.2 Å². The van der Waals surface area contributed by atoms with Gasteiger partial charge in [-0.2, -0.15) is 5.10 Å². The summed E-state index contributed by atoms with van der Waals surface area (Å²) in [6.07, 6.45) is 1.68. The fourth-order valence-corrected chi connectivity index (χ4v) is 2.00. The Kier molecular flexibility index (Phi) is 4.40. The summed E-state index contributed by atoms with van der Waals surface area (Å²) < 4.78 is 1.66. The fourth-order valence-electron chi connectivity index (χ4n) is 2.00. The molecule has 0 saturated heterocycles. The molecule has 0 aliphatic heterocycles. The van der Waals surface area contributed by atoms with E-state index in [2.05, 4.69) is 29.5 Å². The van der Waals surface area contributed by atoms with Crippen molar-refractivity contribution in [2.24, 2.45) is 0 Å². The van der Waals surface area contributed by atoms with Crippen molar-refractivity contribution in [3.05, 3.63) is 47.8 Å². The summed E-state index contributed by atoms with van der Waals surface area (Å²) in [5, 5.41) is 7.04. The van der Waals surface area contributed by atoms with Crippen molar-refractivity contribution in [1.82, 2.24) is 15.1 Å². The number of anilines is 1. The van der Waals surface area contributed by atoms with E-state index in [0.717, 1.165) is 0 Å². The van der Waals surface area contributed by atoms with E-state index in [1.54, 1.807) is 10.9 Å². The predicted molar refractivity (Wildman–Crippen MR) is 79.5 cm³/mol. The van der Waals surface area contributed by atoms with Gasteiger partial charge in [0.1, 0.15) is 0 Å². The van der Waals surface area contributed by atoms with Crippen molar-refractivity contribution in [1.29, 1.82) is 0 Å². The number of nitrogens with zero attached hydrogens (tertiary/aromatic N) is 2. The van der Waals surface area contributed by atoms with Crippen LogP contribution in [0.25, 0.3) is 0 Å². The highest BCUT2D eigenvalue weighted by molar-refractivity contribution is 5.97. The highest BCUT2D eigenvalue weighted by Gasteiger charge is 2.15. The van der Waals surface area contributed by atoms with Gasteiger partial charge in [-0.15, -0.1) is 0 Å². The van der Waals surface area contributed by atoms with Gasteiger partial charge in [-0.25, -0.2) is 0 Å². The summed E-state index contributed by atoms with van der Waals surface area (Å²) in [6.45, 7) is 5.27. The van der Waals surface area contributed by atoms with E-state index in [0.29, 0.717) is 24.5 Å². The summed E-state index contributed by atoms with van der Waals surface area (Å²) in [5.41, 5.74) is 7.70. The van der Waals surface area contributed by atoms with Crippen LogP contribution in [0.1, 0.15) is 35.8 Å². The van der Waals surface area contributed by atoms with Gasteiger partial charge < -0.3 is 11.1 Å². The van der Waals surface area contributed by atoms with Gasteiger partial charge in [0.15, 0.2) is 5.69 Å². The van der Waals surface area contributed by atoms with E-state index in [1.165, 1.54) is 5.56 Å². The van der Waals surface area contributed by atoms with Gasteiger partial charge in [0.05, 0.1) is 5.69 Å². The Balaban J connectivity index is 1.96. The van der Waals surface area contributed by atoms with Crippen LogP contribution in [0.3, 0.4) is 0 Å². The van der Waals surface area contributed by atoms with E-state index >= 15 is 0 Å². The zero-order valence-electron chi connectivity index (χ0n) is 11.8. The molecule has 1 aromatic carbocycles. The number of aryl methyl sites for hydroxylation is 1. The maximum absolute atomic E-state index is 12.1. The van der Waals surface area contributed by atoms with Crippen molar-refractivity contribution < 1.29 is 4.79 Å². The molecule has 0 bridgehead atoms. The molecular formula is C15H20N4O. The van der Waals surface area contributed by atoms with Gasteiger partial charge in [-0.05, 0) is 18.4 Å². The molecule has 2 aromatic rings. The number of carbonyl (C=O) groups excluding carboxylic acids is 1. The van der Waals surface area contributed by atoms with Crippen LogP contribution in [-0.2, 0) is 6.54 Å². The van der Waals surface area contributed by atoms with Gasteiger partial charge in [-0.3, -0.25) is 9.48 Å². The zero-order chi connectivity index (χ0) is 14.5. The molecule has 3 N–H and O–H groups in total. The SMILES string of the molecule is CCn1cc(N)c(C(=O)NCC(C)c2ccccc2)n1. The number of benzene rings is 1. The normalized spacial score (nSPS) is 12.1. The number of aromatic nitrogens is 2. The van der Waals surface area contributed by atoms with E-state index in [9.17, 15) is 4.79 Å². The maximum Gasteiger partial charge on any atom is 0.273 e. The number of nitrogens with two attached hydrogens (primary N) is 1. The molecule has 1 unspecified atom stereocenters. The van der Waals surface area contributed by atoms with Crippen LogP contribution in [0.5, 0.6) is 0 Å². The Hall–Kier alpha value is -2.30. The summed E-state index contributed by atoms with van der Waals surface area (Å²) in [7, 11) is 0. The second kappa shape index (κ2) is 6.23. The summed E-state index contributed by atoms with van der Waals surface area (Å²) in [5.74, 6) is 0.0205. The van der Waals surface area contributed by atoms with E-state index in [1.807, 2.05) is 25.1 Å². The van der Waals surface area contributed by atoms with Crippen LogP contribution in [0.4, 0.5) is 5.69 Å². The molecule has 1 heterocycles. The zero-order valence-corrected chi connectivity index (χ0v) is 11.8. The number of nitrogens with one attached hydrogen (secondary N) is 1. The fraction of sp³-hybridized carbons (Fsp3) is 0.333. The molecule has 5 heteroatoms. The number of hydrogen-bond donors (Lipinski definition) is 2. The lowest BCUT2D eigenvalue weighted by atomic mass is 10.0. The largest absolute Gasteiger partial charge is 0.396 e. The second-order valence-corrected chi connectivity index (χ2v) is 4.81. The number of amides is 1. The van der Waals surface area contributed by atoms with Gasteiger partial charge >= 0.3 is 0 Å². The first-order chi connectivity index (χ1) is 9.61. The Bertz CT molecular complexity index is 577. The monoisotopic (exact) mass is 272 g/mol. The summed E-state index contributed by atoms with van der Waals surface area (Å²) in [4.78, 5) is 12.1. The lowest BCUT2D eigenvalue weighted by molar-refractivity contribution is 0.0946. The molecule has 0 fully saturated rings. The van der Waals surface area contributed by atoms with Gasteiger partial charge in [0.2, 0.25) is 0 Å². The van der Waals surface area contributed by atoms with Gasteiger partial charge in [-0.1, -0.05) is 37.3 Å². The molecule has 20 heavy (non-hydrogen) atoms. The molecule has 1 atom stereocenters. The average molecular weight is 272 g/mol. The summed E-state index contributed by atoms with van der Waals surface area (Å²) in [6, 6.07) is 10.1. The molecule has 0 spiro atoms. The molecule has 5 nitrogen and oxygen atoms in total. The van der Waals surface area contributed by atoms with Crippen molar-refractivity contribution in [2.45, 2.75) is 26.3 Å². The van der Waals surface area contributed by atoms with Crippen LogP contribution in [0.15, 0.2) is 36.5 Å². The smallest absolute Gasteiger partial charge is 0.273 e. The van der Waals surface area contributed by atoms with Crippen molar-refractivity contribution in [2.75, 3.05) is 12.3 Å². The first-order valence-electron chi connectivity index (χ1n) is 6.78. The highest BCUT2D eigenvalue weighted by atomic mass is 16.2. The molecule has 0 radical (unpaired) electrons. The molecule has 0 aliphatic rings. The topological polar surface area (TPSA) is 72.9 Å². The first kappa shape index (κ1) is 14.1. The van der Waals surface area contributed by atoms with E-state index in [-0.39, 0.29) is 11.8 Å². The molecule has 0 saturated carbocycles. The molecular weight excluding hydrogens is 252 g/mol. The number of rotatable bonds is 5. The minimum atomic E-state index is -0.225. The third-order valence-electron chi connectivity index (χ3n) is 3.27. The highest BCUT2D eigenvalue weighted by Crippen LogP contribution is 2.14. The van der Waals surface area contributed by atoms with Gasteiger partial charge in [0.25, 0.3) is 5.91 Å². The molecule has 2 rings (SSSR count). The summed E-state index contributed by atoms with van der Waals surface area (Å²) >= 11 is 0. The van der Waals surface area contributed by atoms with Crippen molar-refractivity contribution >= 4 is 11.6 Å². The first-order valence-corrected chi connectivity index (χ1v) is 6.78. The Morgan fingerprint density at radius 2 is 2.10 bits per heavy atom. The maximum atomic E-state index is 12.1. The number of carbonyl (C=O) groups is 1. The molecule has 0 aliphatic carbocycles. The minimum Gasteiger partial charge on any atom is -0.396 e. The molecule has 106 valence electrons. The predicted octanol–water partition coefficient (Wildman–Crippen LogP) is 2.02. The number of nitrogen functional groups attached to an aromatic ring is 1. The lowest BCUT2D eigenvalue weighted by Gasteiger charge is -2.12. The van der Waals surface area contributed by atoms with Crippen LogP contribution < -0.4 is 11.1 Å². The Morgan fingerprint density at radius 1 is 1.40 bits per heavy atom. The Morgan fingerprint density at radius 3 is 2.70 bits per heavy atom. The third kappa shape index (κ3) is 3.17. The van der Waals surface area contributed by atoms with Gasteiger partial charge in [0, 0.05) is 19.3 Å². The Labute approximate surface area is 118 Å². The van der Waals surface area contributed by atoms with Crippen LogP contribution >= 0.6 is 0 Å². The third-order valence-corrected chi connectivity index (χ3v) is 3.27. The average Bonchev–Trinajstić information content (AvgIpc) is 2.86. The molecule has 1 aromatic heterocycles. The molecule has 1 amide bonds. The standard InChI is InChI=1S/C15H20N4O/c1-3-19-10-13(16)14(18-19)15(20)17-9-11(2)12-7-5-4-6-8-12/h4-8,10-11H,3,9,16H2,1-2H3,(H,17,20). The van der Waals surface area contributed by atoms with E-state index < -0.39 is 0 Å². The second-order valence-electron chi connectivity index (χ2n) is 4.81. The van der Waals surface area contributed by atoms with E-state index in [4.69, 9.17) is 5.73 Å². The quantitative estimate of drug-likeness (QED) is 0.874. The minimum absolute atomic E-state index is 0.225. The van der Waals surface area contributed by atoms with Crippen LogP contribution in [0.2, 0.25) is 0 Å².